The van der Waals surface area contributed by atoms with Crippen molar-refractivity contribution in [3.8, 4) is 0 Å². The van der Waals surface area contributed by atoms with Gasteiger partial charge in [0.1, 0.15) is 0 Å². The summed E-state index contributed by atoms with van der Waals surface area (Å²) in [5.74, 6) is 0. The second-order valence-electron chi connectivity index (χ2n) is 2.01. The average Bonchev–Trinajstić information content (AvgIpc) is 2.44. The van der Waals surface area contributed by atoms with Gasteiger partial charge in [0.05, 0.1) is 11.9 Å². The monoisotopic (exact) mass is 189 g/mol. The van der Waals surface area contributed by atoms with E-state index in [0.29, 0.717) is 6.54 Å². The number of nitrogens with zero attached hydrogens (tertiary/aromatic N) is 2. The number of nitrogens with two attached hydrogens (primary N) is 1. The number of aromatic nitrogens is 2. The molecule has 2 aromatic heterocycles. The molecule has 0 saturated carbocycles. The fraction of sp³-hybridized carbons (Fsp3) is 0.167. The van der Waals surface area contributed by atoms with Crippen LogP contribution in [-0.2, 0) is 6.54 Å². The number of imidazole rings is 1. The molecule has 0 radical (unpaired) electrons. The van der Waals surface area contributed by atoms with E-state index in [-0.39, 0.29) is 12.4 Å². The molecule has 0 saturated heterocycles. The lowest BCUT2D eigenvalue weighted by Crippen LogP contribution is -1.98. The Morgan fingerprint density at radius 2 is 2.45 bits per heavy atom. The predicted molar refractivity (Wildman–Crippen MR) is 48.2 cm³/mol. The summed E-state index contributed by atoms with van der Waals surface area (Å²) in [6.07, 6.45) is 3.79. The summed E-state index contributed by atoms with van der Waals surface area (Å²) in [4.78, 5) is 5.17. The lowest BCUT2D eigenvalue weighted by atomic mass is 10.5. The zero-order valence-corrected chi connectivity index (χ0v) is 7.36. The highest BCUT2D eigenvalue weighted by atomic mass is 35.5. The van der Waals surface area contributed by atoms with Crippen molar-refractivity contribution in [3.63, 3.8) is 0 Å². The van der Waals surface area contributed by atoms with E-state index in [1.165, 1.54) is 0 Å². The van der Waals surface area contributed by atoms with E-state index < -0.39 is 0 Å². The smallest absolute Gasteiger partial charge is 0.193 e. The van der Waals surface area contributed by atoms with Gasteiger partial charge in [-0.15, -0.1) is 23.7 Å². The highest BCUT2D eigenvalue weighted by Crippen LogP contribution is 2.11. The van der Waals surface area contributed by atoms with Crippen LogP contribution in [0.5, 0.6) is 0 Å². The van der Waals surface area contributed by atoms with Gasteiger partial charge in [0.2, 0.25) is 0 Å². The first kappa shape index (κ1) is 8.52. The van der Waals surface area contributed by atoms with E-state index in [9.17, 15) is 0 Å². The van der Waals surface area contributed by atoms with Gasteiger partial charge in [-0.3, -0.25) is 4.40 Å². The van der Waals surface area contributed by atoms with Crippen LogP contribution in [0.4, 0.5) is 0 Å². The Morgan fingerprint density at radius 1 is 1.64 bits per heavy atom. The van der Waals surface area contributed by atoms with E-state index >= 15 is 0 Å². The van der Waals surface area contributed by atoms with Gasteiger partial charge in [-0.05, 0) is 0 Å². The summed E-state index contributed by atoms with van der Waals surface area (Å²) >= 11 is 1.62. The molecule has 0 aliphatic carbocycles. The van der Waals surface area contributed by atoms with Crippen LogP contribution in [0, 0.1) is 0 Å². The summed E-state index contributed by atoms with van der Waals surface area (Å²) in [7, 11) is 0. The van der Waals surface area contributed by atoms with Crippen molar-refractivity contribution in [1.82, 2.24) is 9.38 Å². The topological polar surface area (TPSA) is 43.3 Å². The molecule has 0 amide bonds. The molecule has 2 rings (SSSR count). The summed E-state index contributed by atoms with van der Waals surface area (Å²) in [5, 5.41) is 2.00. The van der Waals surface area contributed by atoms with Crippen molar-refractivity contribution in [2.24, 2.45) is 5.73 Å². The lowest BCUT2D eigenvalue weighted by Gasteiger charge is -1.88. The van der Waals surface area contributed by atoms with Crippen LogP contribution in [0.2, 0.25) is 0 Å². The van der Waals surface area contributed by atoms with Crippen LogP contribution in [0.15, 0.2) is 17.8 Å². The van der Waals surface area contributed by atoms with Gasteiger partial charge in [0, 0.05) is 18.1 Å². The van der Waals surface area contributed by atoms with Crippen molar-refractivity contribution in [2.75, 3.05) is 0 Å². The van der Waals surface area contributed by atoms with Gasteiger partial charge in [-0.2, -0.15) is 0 Å². The average molecular weight is 190 g/mol. The Balaban J connectivity index is 0.000000605. The number of hydrogen-bond donors (Lipinski definition) is 1. The third kappa shape index (κ3) is 1.24. The highest BCUT2D eigenvalue weighted by Gasteiger charge is 1.99. The maximum Gasteiger partial charge on any atom is 0.193 e. The number of thiazole rings is 1. The van der Waals surface area contributed by atoms with Gasteiger partial charge >= 0.3 is 0 Å². The minimum absolute atomic E-state index is 0. The van der Waals surface area contributed by atoms with Crippen molar-refractivity contribution in [2.45, 2.75) is 6.54 Å². The molecule has 5 heteroatoms. The van der Waals surface area contributed by atoms with Gasteiger partial charge in [-0.25, -0.2) is 4.98 Å². The van der Waals surface area contributed by atoms with Crippen molar-refractivity contribution >= 4 is 28.7 Å². The summed E-state index contributed by atoms with van der Waals surface area (Å²) in [6.45, 7) is 0.553. The van der Waals surface area contributed by atoms with E-state index in [0.717, 1.165) is 10.7 Å². The minimum Gasteiger partial charge on any atom is -0.325 e. The highest BCUT2D eigenvalue weighted by molar-refractivity contribution is 7.15. The van der Waals surface area contributed by atoms with Gasteiger partial charge in [0.25, 0.3) is 0 Å². The standard InChI is InChI=1S/C6H7N3S.ClH/c7-3-5-4-8-6-9(5)1-2-10-6;/h1-2,4H,3,7H2;1H. The molecule has 0 bridgehead atoms. The Bertz CT molecular complexity index is 340. The van der Waals surface area contributed by atoms with Crippen LogP contribution in [0.3, 0.4) is 0 Å². The first-order valence-electron chi connectivity index (χ1n) is 3.01. The predicted octanol–water partition coefficient (Wildman–Crippen LogP) is 1.28. The Labute approximate surface area is 74.3 Å². The molecule has 60 valence electrons. The van der Waals surface area contributed by atoms with Crippen LogP contribution in [0.1, 0.15) is 5.69 Å². The van der Waals surface area contributed by atoms with Crippen LogP contribution >= 0.6 is 23.7 Å². The zero-order valence-electron chi connectivity index (χ0n) is 5.73. The molecule has 2 aromatic rings. The minimum atomic E-state index is 0. The summed E-state index contributed by atoms with van der Waals surface area (Å²) < 4.78 is 2.00. The molecule has 0 fully saturated rings. The molecule has 2 N–H and O–H groups in total. The molecule has 3 nitrogen and oxygen atoms in total. The Morgan fingerprint density at radius 3 is 3.18 bits per heavy atom. The lowest BCUT2D eigenvalue weighted by molar-refractivity contribution is 0.967. The fourth-order valence-electron chi connectivity index (χ4n) is 0.927. The molecule has 0 atom stereocenters. The number of rotatable bonds is 1. The molecule has 0 unspecified atom stereocenters. The summed E-state index contributed by atoms with van der Waals surface area (Å²) in [5.41, 5.74) is 6.53. The molecule has 0 spiro atoms. The van der Waals surface area contributed by atoms with E-state index in [1.807, 2.05) is 22.2 Å². The zero-order chi connectivity index (χ0) is 6.97. The molecule has 0 aliphatic heterocycles. The van der Waals surface area contributed by atoms with Gasteiger partial charge in [0.15, 0.2) is 4.96 Å². The first-order chi connectivity index (χ1) is 4.92. The van der Waals surface area contributed by atoms with Crippen molar-refractivity contribution in [1.29, 1.82) is 0 Å². The second kappa shape index (κ2) is 3.21. The molecular weight excluding hydrogens is 182 g/mol. The van der Waals surface area contributed by atoms with E-state index in [1.54, 1.807) is 11.3 Å². The molecule has 2 heterocycles. The second-order valence-corrected chi connectivity index (χ2v) is 2.88. The largest absolute Gasteiger partial charge is 0.325 e. The third-order valence-electron chi connectivity index (χ3n) is 1.43. The molecular formula is C6H8ClN3S. The maximum atomic E-state index is 5.46. The number of fused-ring (bicyclic) bond motifs is 1. The van der Waals surface area contributed by atoms with Crippen molar-refractivity contribution in [3.05, 3.63) is 23.5 Å². The van der Waals surface area contributed by atoms with Crippen molar-refractivity contribution < 1.29 is 0 Å². The first-order valence-corrected chi connectivity index (χ1v) is 3.89. The number of halogens is 1. The summed E-state index contributed by atoms with van der Waals surface area (Å²) in [6, 6.07) is 0. The van der Waals surface area contributed by atoms with Gasteiger partial charge in [-0.1, -0.05) is 0 Å². The van der Waals surface area contributed by atoms with E-state index in [2.05, 4.69) is 4.98 Å². The SMILES string of the molecule is Cl.NCc1cnc2sccn12. The van der Waals surface area contributed by atoms with Crippen LogP contribution in [0.25, 0.3) is 4.96 Å². The molecule has 0 aromatic carbocycles. The Hall–Kier alpha value is -0.580. The Kier molecular flexibility index (Phi) is 2.49. The third-order valence-corrected chi connectivity index (χ3v) is 2.20. The quantitative estimate of drug-likeness (QED) is 0.735. The van der Waals surface area contributed by atoms with Crippen LogP contribution in [-0.4, -0.2) is 9.38 Å². The molecule has 0 aliphatic rings. The normalized spacial score (nSPS) is 9.91. The van der Waals surface area contributed by atoms with Gasteiger partial charge < -0.3 is 5.73 Å². The molecule has 11 heavy (non-hydrogen) atoms. The maximum absolute atomic E-state index is 5.46. The van der Waals surface area contributed by atoms with Crippen LogP contribution < -0.4 is 5.73 Å². The van der Waals surface area contributed by atoms with E-state index in [4.69, 9.17) is 5.73 Å². The number of hydrogen-bond acceptors (Lipinski definition) is 3. The fourth-order valence-corrected chi connectivity index (χ4v) is 1.64.